The highest BCUT2D eigenvalue weighted by Crippen LogP contribution is 2.43. The Labute approximate surface area is 343 Å². The molecule has 12 nitrogen and oxygen atoms in total. The molecule has 2 unspecified atom stereocenters. The molecule has 0 radical (unpaired) electrons. The van der Waals surface area contributed by atoms with Crippen LogP contribution in [-0.2, 0) is 22.4 Å². The van der Waals surface area contributed by atoms with Crippen LogP contribution in [0.1, 0.15) is 127 Å². The van der Waals surface area contributed by atoms with Crippen LogP contribution in [0.5, 0.6) is 0 Å². The summed E-state index contributed by atoms with van der Waals surface area (Å²) in [4.78, 5) is 62.2. The van der Waals surface area contributed by atoms with E-state index in [0.717, 1.165) is 95.6 Å². The number of carbonyl (C=O) groups is 3. The van der Waals surface area contributed by atoms with Gasteiger partial charge in [-0.15, -0.1) is 0 Å². The number of carbonyl (C=O) groups excluding carboxylic acids is 2. The van der Waals surface area contributed by atoms with Crippen LogP contribution in [0.3, 0.4) is 0 Å². The molecule has 3 aromatic rings. The number of unbranched alkanes of at least 4 members (excludes halogenated alkanes) is 2. The van der Waals surface area contributed by atoms with Crippen LogP contribution in [0.25, 0.3) is 33.2 Å². The van der Waals surface area contributed by atoms with Crippen LogP contribution in [0.4, 0.5) is 0 Å². The molecule has 312 valence electrons. The number of hydrogen-bond donors (Lipinski definition) is 5. The molecule has 12 heteroatoms. The number of amides is 2. The number of carboxylic acids is 1. The van der Waals surface area contributed by atoms with Crippen molar-refractivity contribution >= 4 is 51.0 Å². The minimum Gasteiger partial charge on any atom is -0.478 e. The molecule has 2 amide bonds. The first kappa shape index (κ1) is 44.0. The van der Waals surface area contributed by atoms with Crippen molar-refractivity contribution in [3.8, 4) is 0 Å². The molecule has 2 aliphatic heterocycles. The average Bonchev–Trinajstić information content (AvgIpc) is 3.85. The van der Waals surface area contributed by atoms with Crippen LogP contribution in [0, 0.1) is 13.8 Å². The molecule has 0 saturated heterocycles. The molecule has 0 aliphatic carbocycles. The van der Waals surface area contributed by atoms with Gasteiger partial charge in [-0.25, -0.2) is 9.78 Å². The number of fused-ring (bicyclic) bond motifs is 8. The van der Waals surface area contributed by atoms with Crippen molar-refractivity contribution in [3.05, 3.63) is 81.4 Å². The molecule has 5 rings (SSSR count). The molecule has 0 fully saturated rings. The maximum Gasteiger partial charge on any atom is 0.338 e. The van der Waals surface area contributed by atoms with Crippen molar-refractivity contribution in [2.75, 3.05) is 54.4 Å². The lowest BCUT2D eigenvalue weighted by Crippen LogP contribution is -2.28. The number of rotatable bonds is 18. The smallest absolute Gasteiger partial charge is 0.338 e. The Bertz CT molecular complexity index is 2230. The second kappa shape index (κ2) is 19.6. The van der Waals surface area contributed by atoms with Crippen molar-refractivity contribution in [2.24, 2.45) is 0 Å². The van der Waals surface area contributed by atoms with E-state index < -0.39 is 5.97 Å². The van der Waals surface area contributed by atoms with E-state index in [2.05, 4.69) is 63.8 Å². The fourth-order valence-electron chi connectivity index (χ4n) is 8.26. The topological polar surface area (TPSA) is 159 Å². The third-order valence-corrected chi connectivity index (χ3v) is 11.7. The number of hydrogen-bond acceptors (Lipinski definition) is 7. The van der Waals surface area contributed by atoms with Gasteiger partial charge < -0.3 is 35.5 Å². The number of nitrogens with one attached hydrogen (secondary N) is 4. The lowest BCUT2D eigenvalue weighted by atomic mass is 9.84. The molecule has 3 aromatic heterocycles. The predicted octanol–water partition coefficient (Wildman–Crippen LogP) is 7.43. The molecule has 5 N–H and O–H groups in total. The number of aromatic amines is 2. The van der Waals surface area contributed by atoms with Gasteiger partial charge in [-0.1, -0.05) is 26.5 Å². The van der Waals surface area contributed by atoms with Crippen molar-refractivity contribution in [1.29, 1.82) is 0 Å². The summed E-state index contributed by atoms with van der Waals surface area (Å²) in [6.07, 6.45) is 6.86. The maximum atomic E-state index is 13.9. The van der Waals surface area contributed by atoms with Crippen LogP contribution in [0.15, 0.2) is 30.9 Å². The predicted molar refractivity (Wildman–Crippen MR) is 235 cm³/mol. The molecule has 2 aliphatic rings. The molecule has 8 bridgehead atoms. The monoisotopic (exact) mass is 793 g/mol. The standard InChI is InChI=1S/C46H64N8O4/c1-11-31-27(3)35-24-37-29(5)33(17-18-41(55)47-19-13-15-21-53(7)8)44(51-37)34(23-42(56)48-20-14-16-22-54(9)10)45-43(46(57)58)30(6)38(52-45)26-40-32(12-2)28(4)36(50-40)25-39(31)49-35/h11,24-26,29,33,50,52H,1,12-23H2,2-10H3,(H,47,55)(H,48,56)(H,57,58). The largest absolute Gasteiger partial charge is 0.478 e. The Morgan fingerprint density at radius 2 is 1.47 bits per heavy atom. The second-order valence-electron chi connectivity index (χ2n) is 16.4. The van der Waals surface area contributed by atoms with Gasteiger partial charge in [-0.2, -0.15) is 0 Å². The highest BCUT2D eigenvalue weighted by Gasteiger charge is 2.34. The number of aromatic carboxylic acids is 1. The summed E-state index contributed by atoms with van der Waals surface area (Å²) in [5.41, 5.74) is 11.0. The Morgan fingerprint density at radius 3 is 2.07 bits per heavy atom. The number of aromatic nitrogens is 4. The summed E-state index contributed by atoms with van der Waals surface area (Å²) in [6.45, 7) is 17.2. The number of allylic oxidation sites excluding steroid dienone is 3. The van der Waals surface area contributed by atoms with Crippen LogP contribution >= 0.6 is 0 Å². The molecule has 5 heterocycles. The van der Waals surface area contributed by atoms with E-state index in [1.807, 2.05) is 53.3 Å². The molecular formula is C46H64N8O4. The van der Waals surface area contributed by atoms with Gasteiger partial charge in [0.1, 0.15) is 0 Å². The Kier molecular flexibility index (Phi) is 14.9. The van der Waals surface area contributed by atoms with Gasteiger partial charge >= 0.3 is 5.97 Å². The van der Waals surface area contributed by atoms with Crippen LogP contribution in [-0.4, -0.2) is 107 Å². The van der Waals surface area contributed by atoms with Gasteiger partial charge in [0.15, 0.2) is 0 Å². The SMILES string of the molecule is C=CC1=C(C)c2cc3nc(c(CC(=O)NCCCCN(C)C)c4[nH]c(cc5[nH]c(cc1n2)c(C)c5CC)c(C)c4C(=O)O)C(CCC(=O)NCCCCN(C)C)C3C. The van der Waals surface area contributed by atoms with E-state index in [1.165, 1.54) is 0 Å². The molecule has 58 heavy (non-hydrogen) atoms. The fraction of sp³-hybridized carbons (Fsp3) is 0.500. The third kappa shape index (κ3) is 10.1. The maximum absolute atomic E-state index is 13.9. The van der Waals surface area contributed by atoms with Crippen molar-refractivity contribution in [2.45, 2.75) is 97.8 Å². The van der Waals surface area contributed by atoms with Gasteiger partial charge in [0.25, 0.3) is 0 Å². The van der Waals surface area contributed by atoms with Gasteiger partial charge in [-0.3, -0.25) is 14.6 Å². The summed E-state index contributed by atoms with van der Waals surface area (Å²) >= 11 is 0. The summed E-state index contributed by atoms with van der Waals surface area (Å²) in [5, 5.41) is 17.0. The highest BCUT2D eigenvalue weighted by atomic mass is 16.4. The number of aryl methyl sites for hydroxylation is 3. The van der Waals surface area contributed by atoms with E-state index in [9.17, 15) is 19.5 Å². The zero-order valence-corrected chi connectivity index (χ0v) is 36.1. The first-order chi connectivity index (χ1) is 27.6. The quantitative estimate of drug-likeness (QED) is 0.0832. The van der Waals surface area contributed by atoms with E-state index in [0.29, 0.717) is 47.4 Å². The first-order valence-corrected chi connectivity index (χ1v) is 20.8. The zero-order valence-electron chi connectivity index (χ0n) is 36.1. The van der Waals surface area contributed by atoms with Gasteiger partial charge in [-0.05, 0) is 141 Å². The van der Waals surface area contributed by atoms with Crippen molar-refractivity contribution in [1.82, 2.24) is 40.4 Å². The van der Waals surface area contributed by atoms with Crippen molar-refractivity contribution < 1.29 is 19.5 Å². The summed E-state index contributed by atoms with van der Waals surface area (Å²) in [6, 6.07) is 6.03. The molecule has 0 spiro atoms. The lowest BCUT2D eigenvalue weighted by Gasteiger charge is -2.18. The average molecular weight is 793 g/mol. The molecule has 0 aromatic carbocycles. The first-order valence-electron chi connectivity index (χ1n) is 20.8. The van der Waals surface area contributed by atoms with Crippen LogP contribution < -0.4 is 10.6 Å². The second-order valence-corrected chi connectivity index (χ2v) is 16.4. The highest BCUT2D eigenvalue weighted by molar-refractivity contribution is 6.03. The molecule has 2 atom stereocenters. The van der Waals surface area contributed by atoms with Gasteiger partial charge in [0.2, 0.25) is 11.8 Å². The van der Waals surface area contributed by atoms with E-state index in [4.69, 9.17) is 9.97 Å². The fourth-order valence-corrected chi connectivity index (χ4v) is 8.26. The van der Waals surface area contributed by atoms with Gasteiger partial charge in [0, 0.05) is 64.7 Å². The normalized spacial score (nSPS) is 15.4. The Hall–Kier alpha value is -5.07. The summed E-state index contributed by atoms with van der Waals surface area (Å²) in [7, 11) is 8.13. The minimum atomic E-state index is -1.09. The summed E-state index contributed by atoms with van der Waals surface area (Å²) < 4.78 is 0. The van der Waals surface area contributed by atoms with Crippen LogP contribution in [0.2, 0.25) is 0 Å². The summed E-state index contributed by atoms with van der Waals surface area (Å²) in [5.74, 6) is -1.79. The lowest BCUT2D eigenvalue weighted by molar-refractivity contribution is -0.121. The number of carboxylic acid groups (broad SMARTS) is 1. The van der Waals surface area contributed by atoms with E-state index in [-0.39, 0.29) is 42.1 Å². The number of H-pyrrole nitrogens is 2. The van der Waals surface area contributed by atoms with Crippen molar-refractivity contribution in [3.63, 3.8) is 0 Å². The molecule has 0 saturated carbocycles. The number of nitrogens with zero attached hydrogens (tertiary/aromatic N) is 4. The van der Waals surface area contributed by atoms with Gasteiger partial charge in [0.05, 0.1) is 34.6 Å². The Balaban J connectivity index is 1.75. The third-order valence-electron chi connectivity index (χ3n) is 11.7. The molecular weight excluding hydrogens is 729 g/mol. The van der Waals surface area contributed by atoms with E-state index in [1.54, 1.807) is 6.92 Å². The Morgan fingerprint density at radius 1 is 0.828 bits per heavy atom. The minimum absolute atomic E-state index is 0.0421. The zero-order chi connectivity index (χ0) is 42.3. The van der Waals surface area contributed by atoms with E-state index >= 15 is 0 Å².